The molecule has 0 aliphatic rings. The summed E-state index contributed by atoms with van der Waals surface area (Å²) in [6.07, 6.45) is 0. The SMILES string of the molecule is COc1ccc(C(=O)Nc2ccc(NC(=O)c3ccc(OC)c(Br)c3)cc2)cc1Br. The first-order valence-electron chi connectivity index (χ1n) is 8.81. The second-order valence-corrected chi connectivity index (χ2v) is 7.89. The van der Waals surface area contributed by atoms with Crippen LogP contribution in [-0.2, 0) is 0 Å². The Balaban J connectivity index is 1.64. The van der Waals surface area contributed by atoms with Gasteiger partial charge in [0.25, 0.3) is 11.8 Å². The number of hydrogen-bond acceptors (Lipinski definition) is 4. The molecule has 0 aromatic heterocycles. The summed E-state index contributed by atoms with van der Waals surface area (Å²) in [4.78, 5) is 24.9. The van der Waals surface area contributed by atoms with E-state index in [1.54, 1.807) is 74.9 Å². The van der Waals surface area contributed by atoms with Crippen molar-refractivity contribution in [2.45, 2.75) is 0 Å². The summed E-state index contributed by atoms with van der Waals surface area (Å²) in [5.41, 5.74) is 2.20. The predicted molar refractivity (Wildman–Crippen MR) is 124 cm³/mol. The molecule has 0 bridgehead atoms. The maximum absolute atomic E-state index is 12.4. The van der Waals surface area contributed by atoms with Crippen LogP contribution in [0, 0.1) is 0 Å². The normalized spacial score (nSPS) is 10.3. The standard InChI is InChI=1S/C22H18Br2N2O4/c1-29-19-9-3-13(11-17(19)23)21(27)25-15-5-7-16(8-6-15)26-22(28)14-4-10-20(30-2)18(24)12-14/h3-12H,1-2H3,(H,25,27)(H,26,28). The molecule has 2 amide bonds. The van der Waals surface area contributed by atoms with Crippen molar-refractivity contribution in [3.05, 3.63) is 80.7 Å². The Morgan fingerprint density at radius 1 is 0.667 bits per heavy atom. The van der Waals surface area contributed by atoms with Crippen LogP contribution in [0.1, 0.15) is 20.7 Å². The smallest absolute Gasteiger partial charge is 0.255 e. The van der Waals surface area contributed by atoms with E-state index in [0.717, 1.165) is 0 Å². The molecule has 0 heterocycles. The van der Waals surface area contributed by atoms with E-state index >= 15 is 0 Å². The third-order valence-corrected chi connectivity index (χ3v) is 5.47. The molecule has 3 aromatic carbocycles. The number of hydrogen-bond donors (Lipinski definition) is 2. The van der Waals surface area contributed by atoms with Crippen molar-refractivity contribution in [2.75, 3.05) is 24.9 Å². The highest BCUT2D eigenvalue weighted by molar-refractivity contribution is 9.10. The molecule has 3 rings (SSSR count). The van der Waals surface area contributed by atoms with E-state index in [0.29, 0.717) is 42.9 Å². The molecule has 0 saturated heterocycles. The molecule has 154 valence electrons. The summed E-state index contributed by atoms with van der Waals surface area (Å²) < 4.78 is 11.7. The van der Waals surface area contributed by atoms with Gasteiger partial charge in [-0.05, 0) is 92.5 Å². The van der Waals surface area contributed by atoms with E-state index in [2.05, 4.69) is 42.5 Å². The first kappa shape index (κ1) is 21.9. The monoisotopic (exact) mass is 532 g/mol. The van der Waals surface area contributed by atoms with E-state index in [9.17, 15) is 9.59 Å². The lowest BCUT2D eigenvalue weighted by Crippen LogP contribution is -2.13. The minimum Gasteiger partial charge on any atom is -0.496 e. The van der Waals surface area contributed by atoms with Crippen LogP contribution < -0.4 is 20.1 Å². The lowest BCUT2D eigenvalue weighted by atomic mass is 10.2. The molecular formula is C22H18Br2N2O4. The highest BCUT2D eigenvalue weighted by atomic mass is 79.9. The number of carbonyl (C=O) groups is 2. The first-order chi connectivity index (χ1) is 14.4. The molecule has 3 aromatic rings. The first-order valence-corrected chi connectivity index (χ1v) is 10.4. The van der Waals surface area contributed by atoms with Crippen LogP contribution in [0.15, 0.2) is 69.6 Å². The van der Waals surface area contributed by atoms with Crippen LogP contribution in [0.3, 0.4) is 0 Å². The van der Waals surface area contributed by atoms with Crippen LogP contribution in [0.5, 0.6) is 11.5 Å². The van der Waals surface area contributed by atoms with Crippen molar-refractivity contribution in [3.8, 4) is 11.5 Å². The van der Waals surface area contributed by atoms with E-state index < -0.39 is 0 Å². The van der Waals surface area contributed by atoms with E-state index in [1.165, 1.54) is 0 Å². The number of amides is 2. The zero-order valence-corrected chi connectivity index (χ0v) is 19.3. The summed E-state index contributed by atoms with van der Waals surface area (Å²) in [6.45, 7) is 0. The molecular weight excluding hydrogens is 516 g/mol. The van der Waals surface area contributed by atoms with Gasteiger partial charge in [-0.15, -0.1) is 0 Å². The number of anilines is 2. The molecule has 0 aliphatic carbocycles. The molecule has 2 N–H and O–H groups in total. The van der Waals surface area contributed by atoms with E-state index in [1.807, 2.05) is 0 Å². The summed E-state index contributed by atoms with van der Waals surface area (Å²) >= 11 is 6.74. The molecule has 0 aliphatic heterocycles. The van der Waals surface area contributed by atoms with Crippen molar-refractivity contribution < 1.29 is 19.1 Å². The van der Waals surface area contributed by atoms with Gasteiger partial charge in [-0.3, -0.25) is 9.59 Å². The third-order valence-electron chi connectivity index (χ3n) is 4.23. The molecule has 0 radical (unpaired) electrons. The van der Waals surface area contributed by atoms with Gasteiger partial charge < -0.3 is 20.1 Å². The Kier molecular flexibility index (Phi) is 7.12. The number of halogens is 2. The molecule has 0 atom stereocenters. The van der Waals surface area contributed by atoms with Crippen LogP contribution >= 0.6 is 31.9 Å². The summed E-state index contributed by atoms with van der Waals surface area (Å²) in [7, 11) is 3.13. The van der Waals surface area contributed by atoms with Crippen molar-refractivity contribution in [2.24, 2.45) is 0 Å². The fourth-order valence-corrected chi connectivity index (χ4v) is 3.74. The number of benzene rings is 3. The molecule has 0 saturated carbocycles. The van der Waals surface area contributed by atoms with Crippen LogP contribution in [0.2, 0.25) is 0 Å². The molecule has 6 nitrogen and oxygen atoms in total. The highest BCUT2D eigenvalue weighted by Crippen LogP contribution is 2.27. The number of nitrogens with one attached hydrogen (secondary N) is 2. The zero-order valence-electron chi connectivity index (χ0n) is 16.2. The summed E-state index contributed by atoms with van der Waals surface area (Å²) in [5.74, 6) is 0.794. The second-order valence-electron chi connectivity index (χ2n) is 6.18. The summed E-state index contributed by atoms with van der Waals surface area (Å²) in [6, 6.07) is 17.1. The van der Waals surface area contributed by atoms with Gasteiger partial charge in [0, 0.05) is 22.5 Å². The minimum absolute atomic E-state index is 0.252. The van der Waals surface area contributed by atoms with Crippen LogP contribution in [0.25, 0.3) is 0 Å². The van der Waals surface area contributed by atoms with Crippen molar-refractivity contribution in [3.63, 3.8) is 0 Å². The van der Waals surface area contributed by atoms with Gasteiger partial charge in [0.05, 0.1) is 23.2 Å². The maximum Gasteiger partial charge on any atom is 0.255 e. The Morgan fingerprint density at radius 3 is 1.33 bits per heavy atom. The Labute approximate surface area is 190 Å². The van der Waals surface area contributed by atoms with Gasteiger partial charge in [0.15, 0.2) is 0 Å². The van der Waals surface area contributed by atoms with E-state index in [4.69, 9.17) is 9.47 Å². The van der Waals surface area contributed by atoms with E-state index in [-0.39, 0.29) is 11.8 Å². The highest BCUT2D eigenvalue weighted by Gasteiger charge is 2.11. The Hall–Kier alpha value is -2.84. The van der Waals surface area contributed by atoms with Gasteiger partial charge in [0.1, 0.15) is 11.5 Å². The van der Waals surface area contributed by atoms with Gasteiger partial charge in [-0.1, -0.05) is 0 Å². The molecule has 0 unspecified atom stereocenters. The summed E-state index contributed by atoms with van der Waals surface area (Å²) in [5, 5.41) is 5.64. The predicted octanol–water partition coefficient (Wildman–Crippen LogP) is 5.73. The number of carbonyl (C=O) groups excluding carboxylic acids is 2. The Morgan fingerprint density at radius 2 is 1.03 bits per heavy atom. The van der Waals surface area contributed by atoms with Gasteiger partial charge in [-0.2, -0.15) is 0 Å². The lowest BCUT2D eigenvalue weighted by Gasteiger charge is -2.10. The molecule has 0 fully saturated rings. The Bertz CT molecular complexity index is 998. The van der Waals surface area contributed by atoms with Crippen LogP contribution in [-0.4, -0.2) is 26.0 Å². The molecule has 0 spiro atoms. The van der Waals surface area contributed by atoms with Crippen molar-refractivity contribution in [1.29, 1.82) is 0 Å². The fraction of sp³-hybridized carbons (Fsp3) is 0.0909. The average Bonchev–Trinajstić information content (AvgIpc) is 2.74. The average molecular weight is 534 g/mol. The zero-order chi connectivity index (χ0) is 21.7. The quantitative estimate of drug-likeness (QED) is 0.424. The third kappa shape index (κ3) is 5.20. The number of rotatable bonds is 6. The topological polar surface area (TPSA) is 76.7 Å². The van der Waals surface area contributed by atoms with Crippen LogP contribution in [0.4, 0.5) is 11.4 Å². The van der Waals surface area contributed by atoms with Crippen molar-refractivity contribution in [1.82, 2.24) is 0 Å². The second kappa shape index (κ2) is 9.77. The van der Waals surface area contributed by atoms with Crippen molar-refractivity contribution >= 4 is 55.0 Å². The number of ether oxygens (including phenoxy) is 2. The molecule has 30 heavy (non-hydrogen) atoms. The maximum atomic E-state index is 12.4. The fourth-order valence-electron chi connectivity index (χ4n) is 2.66. The van der Waals surface area contributed by atoms with Gasteiger partial charge >= 0.3 is 0 Å². The van der Waals surface area contributed by atoms with Gasteiger partial charge in [-0.25, -0.2) is 0 Å². The molecule has 8 heteroatoms. The number of methoxy groups -OCH3 is 2. The largest absolute Gasteiger partial charge is 0.496 e. The van der Waals surface area contributed by atoms with Gasteiger partial charge in [0.2, 0.25) is 0 Å². The minimum atomic E-state index is -0.252. The lowest BCUT2D eigenvalue weighted by molar-refractivity contribution is 0.101.